The number of benzene rings is 1. The summed E-state index contributed by atoms with van der Waals surface area (Å²) in [6.07, 6.45) is 0. The Labute approximate surface area is 92.8 Å². The van der Waals surface area contributed by atoms with Crippen molar-refractivity contribution >= 4 is 11.8 Å². The highest BCUT2D eigenvalue weighted by Gasteiger charge is 2.11. The summed E-state index contributed by atoms with van der Waals surface area (Å²) in [5.41, 5.74) is 0.676. The molecule has 1 aromatic rings. The molecule has 0 atom stereocenters. The second-order valence-corrected chi connectivity index (χ2v) is 3.34. The predicted octanol–water partition coefficient (Wildman–Crippen LogP) is 0.610. The van der Waals surface area contributed by atoms with Crippen molar-refractivity contribution in [3.05, 3.63) is 35.1 Å². The van der Waals surface area contributed by atoms with Crippen molar-refractivity contribution in [2.24, 2.45) is 0 Å². The molecule has 0 fully saturated rings. The minimum Gasteiger partial charge on any atom is -0.358 e. The van der Waals surface area contributed by atoms with Crippen LogP contribution >= 0.6 is 0 Å². The second kappa shape index (κ2) is 5.25. The first-order valence-electron chi connectivity index (χ1n) is 4.79. The van der Waals surface area contributed by atoms with E-state index in [1.807, 2.05) is 0 Å². The third kappa shape index (κ3) is 3.05. The van der Waals surface area contributed by atoms with Crippen LogP contribution in [0, 0.1) is 12.7 Å². The third-order valence-electron chi connectivity index (χ3n) is 2.06. The molecule has 0 bridgehead atoms. The van der Waals surface area contributed by atoms with Gasteiger partial charge in [0.1, 0.15) is 5.82 Å². The minimum absolute atomic E-state index is 0.0606. The quantitative estimate of drug-likeness (QED) is 0.790. The van der Waals surface area contributed by atoms with E-state index in [4.69, 9.17) is 0 Å². The molecule has 0 spiro atoms. The lowest BCUT2D eigenvalue weighted by Crippen LogP contribution is -2.35. The van der Waals surface area contributed by atoms with Crippen LogP contribution in [0.2, 0.25) is 0 Å². The van der Waals surface area contributed by atoms with Gasteiger partial charge in [-0.15, -0.1) is 0 Å². The Morgan fingerprint density at radius 1 is 1.38 bits per heavy atom. The lowest BCUT2D eigenvalue weighted by Gasteiger charge is -2.05. The van der Waals surface area contributed by atoms with E-state index in [1.165, 1.54) is 19.2 Å². The van der Waals surface area contributed by atoms with E-state index >= 15 is 0 Å². The van der Waals surface area contributed by atoms with Crippen LogP contribution in [0.15, 0.2) is 18.2 Å². The van der Waals surface area contributed by atoms with Gasteiger partial charge < -0.3 is 10.6 Å². The Morgan fingerprint density at radius 3 is 2.62 bits per heavy atom. The fraction of sp³-hybridized carbons (Fsp3) is 0.273. The maximum Gasteiger partial charge on any atom is 0.254 e. The molecule has 1 aromatic carbocycles. The normalized spacial score (nSPS) is 9.69. The molecule has 2 amide bonds. The molecule has 0 aromatic heterocycles. The van der Waals surface area contributed by atoms with Gasteiger partial charge in [-0.25, -0.2) is 4.39 Å². The van der Waals surface area contributed by atoms with Gasteiger partial charge in [0.25, 0.3) is 5.91 Å². The average molecular weight is 224 g/mol. The topological polar surface area (TPSA) is 58.2 Å². The van der Waals surface area contributed by atoms with Crippen LogP contribution in [0.4, 0.5) is 4.39 Å². The molecule has 5 heteroatoms. The first-order valence-corrected chi connectivity index (χ1v) is 4.79. The minimum atomic E-state index is -0.596. The molecule has 0 saturated carbocycles. The first kappa shape index (κ1) is 12.2. The maximum atomic E-state index is 13.3. The standard InChI is InChI=1S/C11H13FN2O2/c1-7-3-4-8(9(12)5-7)11(16)14-6-10(15)13-2/h3-5H,6H2,1-2H3,(H,13,15)(H,14,16). The van der Waals surface area contributed by atoms with Gasteiger partial charge in [0.05, 0.1) is 12.1 Å². The number of hydrogen-bond donors (Lipinski definition) is 2. The van der Waals surface area contributed by atoms with Crippen LogP contribution in [-0.2, 0) is 4.79 Å². The summed E-state index contributed by atoms with van der Waals surface area (Å²) < 4.78 is 13.3. The molecule has 4 nitrogen and oxygen atoms in total. The number of halogens is 1. The van der Waals surface area contributed by atoms with E-state index in [0.29, 0.717) is 0 Å². The molecule has 16 heavy (non-hydrogen) atoms. The largest absolute Gasteiger partial charge is 0.358 e. The Morgan fingerprint density at radius 2 is 2.06 bits per heavy atom. The van der Waals surface area contributed by atoms with Crippen LogP contribution in [0.3, 0.4) is 0 Å². The van der Waals surface area contributed by atoms with E-state index in [1.54, 1.807) is 13.0 Å². The number of carbonyl (C=O) groups is 2. The third-order valence-corrected chi connectivity index (χ3v) is 2.06. The summed E-state index contributed by atoms with van der Waals surface area (Å²) in [7, 11) is 1.46. The number of hydrogen-bond acceptors (Lipinski definition) is 2. The summed E-state index contributed by atoms with van der Waals surface area (Å²) in [5, 5.41) is 4.67. The molecule has 0 aliphatic heterocycles. The Hall–Kier alpha value is -1.91. The van der Waals surface area contributed by atoms with Crippen molar-refractivity contribution in [1.29, 1.82) is 0 Å². The van der Waals surface area contributed by atoms with Crippen LogP contribution in [0.25, 0.3) is 0 Å². The van der Waals surface area contributed by atoms with Crippen molar-refractivity contribution in [3.63, 3.8) is 0 Å². The highest BCUT2D eigenvalue weighted by Crippen LogP contribution is 2.09. The first-order chi connectivity index (χ1) is 7.54. The number of aryl methyl sites for hydroxylation is 1. The molecule has 0 aliphatic carbocycles. The molecule has 0 heterocycles. The molecule has 0 unspecified atom stereocenters. The summed E-state index contributed by atoms with van der Waals surface area (Å²) in [6.45, 7) is 1.57. The zero-order valence-electron chi connectivity index (χ0n) is 9.13. The number of carbonyl (C=O) groups excluding carboxylic acids is 2. The molecular formula is C11H13FN2O2. The number of nitrogens with one attached hydrogen (secondary N) is 2. The molecule has 0 aliphatic rings. The van der Waals surface area contributed by atoms with Gasteiger partial charge in [-0.1, -0.05) is 6.07 Å². The molecule has 86 valence electrons. The van der Waals surface area contributed by atoms with E-state index in [0.717, 1.165) is 5.56 Å². The smallest absolute Gasteiger partial charge is 0.254 e. The van der Waals surface area contributed by atoms with Crippen molar-refractivity contribution in [3.8, 4) is 0 Å². The number of amides is 2. The van der Waals surface area contributed by atoms with Gasteiger partial charge in [-0.3, -0.25) is 9.59 Å². The fourth-order valence-corrected chi connectivity index (χ4v) is 1.15. The average Bonchev–Trinajstić information content (AvgIpc) is 2.25. The van der Waals surface area contributed by atoms with Crippen molar-refractivity contribution in [2.45, 2.75) is 6.92 Å². The van der Waals surface area contributed by atoms with Crippen LogP contribution in [-0.4, -0.2) is 25.4 Å². The summed E-state index contributed by atoms with van der Waals surface area (Å²) in [5.74, 6) is -1.52. The van der Waals surface area contributed by atoms with Crippen molar-refractivity contribution < 1.29 is 14.0 Å². The number of likely N-dealkylation sites (N-methyl/N-ethyl adjacent to an activating group) is 1. The van der Waals surface area contributed by atoms with Crippen LogP contribution < -0.4 is 10.6 Å². The van der Waals surface area contributed by atoms with Crippen molar-refractivity contribution in [2.75, 3.05) is 13.6 Å². The van der Waals surface area contributed by atoms with Gasteiger partial charge in [-0.2, -0.15) is 0 Å². The molecular weight excluding hydrogens is 211 g/mol. The fourth-order valence-electron chi connectivity index (χ4n) is 1.15. The monoisotopic (exact) mass is 224 g/mol. The Kier molecular flexibility index (Phi) is 3.99. The summed E-state index contributed by atoms with van der Waals surface area (Å²) in [6, 6.07) is 4.30. The zero-order valence-corrected chi connectivity index (χ0v) is 9.13. The van der Waals surface area contributed by atoms with Gasteiger partial charge in [-0.05, 0) is 24.6 Å². The molecule has 0 radical (unpaired) electrons. The van der Waals surface area contributed by atoms with Crippen LogP contribution in [0.1, 0.15) is 15.9 Å². The van der Waals surface area contributed by atoms with Gasteiger partial charge in [0.2, 0.25) is 5.91 Å². The van der Waals surface area contributed by atoms with Gasteiger partial charge in [0, 0.05) is 7.05 Å². The van der Waals surface area contributed by atoms with Crippen molar-refractivity contribution in [1.82, 2.24) is 10.6 Å². The van der Waals surface area contributed by atoms with Gasteiger partial charge >= 0.3 is 0 Å². The molecule has 1 rings (SSSR count). The van der Waals surface area contributed by atoms with E-state index < -0.39 is 11.7 Å². The SMILES string of the molecule is CNC(=O)CNC(=O)c1ccc(C)cc1F. The maximum absolute atomic E-state index is 13.3. The Bertz CT molecular complexity index is 418. The van der Waals surface area contributed by atoms with Gasteiger partial charge in [0.15, 0.2) is 0 Å². The number of rotatable bonds is 3. The van der Waals surface area contributed by atoms with E-state index in [2.05, 4.69) is 10.6 Å². The summed E-state index contributed by atoms with van der Waals surface area (Å²) in [4.78, 5) is 22.3. The molecule has 2 N–H and O–H groups in total. The summed E-state index contributed by atoms with van der Waals surface area (Å²) >= 11 is 0. The molecule has 0 saturated heterocycles. The van der Waals surface area contributed by atoms with E-state index in [-0.39, 0.29) is 18.0 Å². The predicted molar refractivity (Wildman–Crippen MR) is 57.5 cm³/mol. The highest BCUT2D eigenvalue weighted by atomic mass is 19.1. The van der Waals surface area contributed by atoms with Crippen LogP contribution in [0.5, 0.6) is 0 Å². The lowest BCUT2D eigenvalue weighted by atomic mass is 10.1. The Balaban J connectivity index is 2.70. The highest BCUT2D eigenvalue weighted by molar-refractivity contribution is 5.96. The van der Waals surface area contributed by atoms with E-state index in [9.17, 15) is 14.0 Å². The zero-order chi connectivity index (χ0) is 12.1. The second-order valence-electron chi connectivity index (χ2n) is 3.34. The lowest BCUT2D eigenvalue weighted by molar-refractivity contribution is -0.119.